The molecule has 0 amide bonds. The van der Waals surface area contributed by atoms with E-state index < -0.39 is 11.6 Å². The van der Waals surface area contributed by atoms with E-state index in [4.69, 9.17) is 18.0 Å². The van der Waals surface area contributed by atoms with E-state index in [1.54, 1.807) is 24.3 Å². The summed E-state index contributed by atoms with van der Waals surface area (Å²) in [5, 5.41) is 2.97. The molecule has 0 saturated heterocycles. The molecular weight excluding hydrogens is 317 g/mol. The Bertz CT molecular complexity index is 662. The molecule has 2 aromatic rings. The first kappa shape index (κ1) is 15.7. The fourth-order valence-electron chi connectivity index (χ4n) is 1.74. The molecule has 0 unspecified atom stereocenters. The number of nitrogens with one attached hydrogen (secondary N) is 1. The Morgan fingerprint density at radius 2 is 1.86 bits per heavy atom. The monoisotopic (exact) mass is 328 g/mol. The second kappa shape index (κ2) is 6.82. The van der Waals surface area contributed by atoms with Gasteiger partial charge in [0.15, 0.2) is 0 Å². The number of benzene rings is 2. The number of alkyl halides is 2. The van der Waals surface area contributed by atoms with Gasteiger partial charge in [-0.3, -0.25) is 0 Å². The van der Waals surface area contributed by atoms with Crippen molar-refractivity contribution in [3.05, 3.63) is 53.8 Å². The fraction of sp³-hybridized carbons (Fsp3) is 0.0714. The molecule has 0 fully saturated rings. The number of para-hydroxylation sites is 1. The number of halogens is 3. The van der Waals surface area contributed by atoms with Crippen molar-refractivity contribution in [3.8, 4) is 0 Å². The minimum Gasteiger partial charge on any atom is -0.389 e. The van der Waals surface area contributed by atoms with E-state index in [1.165, 1.54) is 18.2 Å². The van der Waals surface area contributed by atoms with Gasteiger partial charge in [-0.05, 0) is 30.3 Å². The van der Waals surface area contributed by atoms with E-state index in [0.717, 1.165) is 0 Å². The highest BCUT2D eigenvalue weighted by atomic mass is 32.2. The van der Waals surface area contributed by atoms with Crippen molar-refractivity contribution >= 4 is 40.3 Å². The molecular formula is C14H11F3N2S2. The van der Waals surface area contributed by atoms with Crippen LogP contribution in [0.3, 0.4) is 0 Å². The van der Waals surface area contributed by atoms with Crippen LogP contribution >= 0.6 is 24.0 Å². The summed E-state index contributed by atoms with van der Waals surface area (Å²) in [5.41, 5.74) is 6.82. The maximum absolute atomic E-state index is 13.3. The average molecular weight is 328 g/mol. The van der Waals surface area contributed by atoms with Crippen molar-refractivity contribution < 1.29 is 13.2 Å². The molecule has 0 heterocycles. The van der Waals surface area contributed by atoms with Gasteiger partial charge in [-0.25, -0.2) is 4.39 Å². The van der Waals surface area contributed by atoms with Crippen LogP contribution in [0.5, 0.6) is 0 Å². The minimum absolute atomic E-state index is 0.0241. The van der Waals surface area contributed by atoms with Crippen LogP contribution in [0, 0.1) is 5.82 Å². The maximum Gasteiger partial charge on any atom is 0.288 e. The lowest BCUT2D eigenvalue weighted by Gasteiger charge is -2.14. The Balaban J connectivity index is 2.37. The molecule has 0 aliphatic rings. The van der Waals surface area contributed by atoms with Gasteiger partial charge in [-0.15, -0.1) is 0 Å². The summed E-state index contributed by atoms with van der Waals surface area (Å²) in [4.78, 5) is 0.404. The number of hydrogen-bond donors (Lipinski definition) is 2. The minimum atomic E-state index is -2.53. The first-order chi connectivity index (χ1) is 9.97. The van der Waals surface area contributed by atoms with Crippen molar-refractivity contribution in [2.75, 3.05) is 5.32 Å². The molecule has 0 radical (unpaired) electrons. The topological polar surface area (TPSA) is 38.0 Å². The summed E-state index contributed by atoms with van der Waals surface area (Å²) >= 11 is 5.30. The molecule has 0 aliphatic carbocycles. The lowest BCUT2D eigenvalue weighted by molar-refractivity contribution is 0.252. The van der Waals surface area contributed by atoms with Crippen LogP contribution in [-0.4, -0.2) is 10.7 Å². The number of thioether (sulfide) groups is 1. The Morgan fingerprint density at radius 1 is 1.14 bits per heavy atom. The molecule has 0 saturated carbocycles. The molecule has 2 nitrogen and oxygen atoms in total. The van der Waals surface area contributed by atoms with E-state index in [2.05, 4.69) is 5.32 Å². The Hall–Kier alpha value is -1.73. The van der Waals surface area contributed by atoms with Gasteiger partial charge in [0.1, 0.15) is 10.8 Å². The fourth-order valence-corrected chi connectivity index (χ4v) is 2.51. The molecule has 7 heteroatoms. The van der Waals surface area contributed by atoms with Crippen LogP contribution in [-0.2, 0) is 0 Å². The molecule has 3 N–H and O–H groups in total. The van der Waals surface area contributed by atoms with Crippen LogP contribution in [0.25, 0.3) is 0 Å². The van der Waals surface area contributed by atoms with E-state index in [-0.39, 0.29) is 4.99 Å². The lowest BCUT2D eigenvalue weighted by atomic mass is 10.1. The average Bonchev–Trinajstić information content (AvgIpc) is 2.42. The Morgan fingerprint density at radius 3 is 2.52 bits per heavy atom. The van der Waals surface area contributed by atoms with Crippen molar-refractivity contribution in [3.63, 3.8) is 0 Å². The van der Waals surface area contributed by atoms with Gasteiger partial charge < -0.3 is 11.1 Å². The summed E-state index contributed by atoms with van der Waals surface area (Å²) in [6.07, 6.45) is 0. The van der Waals surface area contributed by atoms with Crippen molar-refractivity contribution in [1.82, 2.24) is 0 Å². The molecule has 0 spiro atoms. The van der Waals surface area contributed by atoms with Crippen molar-refractivity contribution in [2.24, 2.45) is 5.73 Å². The predicted molar refractivity (Wildman–Crippen MR) is 83.9 cm³/mol. The predicted octanol–water partition coefficient (Wildman–Crippen LogP) is 4.52. The number of thiocarbonyl (C=S) groups is 1. The van der Waals surface area contributed by atoms with E-state index in [0.29, 0.717) is 33.6 Å². The summed E-state index contributed by atoms with van der Waals surface area (Å²) in [5.74, 6) is -3.00. The van der Waals surface area contributed by atoms with Gasteiger partial charge in [0.2, 0.25) is 0 Å². The van der Waals surface area contributed by atoms with Gasteiger partial charge in [0.25, 0.3) is 5.76 Å². The second-order valence-electron chi connectivity index (χ2n) is 4.05. The highest BCUT2D eigenvalue weighted by molar-refractivity contribution is 7.99. The van der Waals surface area contributed by atoms with Crippen LogP contribution in [0.15, 0.2) is 47.4 Å². The summed E-state index contributed by atoms with van der Waals surface area (Å²) in [7, 11) is 0. The zero-order valence-electron chi connectivity index (χ0n) is 10.6. The van der Waals surface area contributed by atoms with E-state index in [9.17, 15) is 13.2 Å². The third-order valence-electron chi connectivity index (χ3n) is 2.62. The maximum atomic E-state index is 13.3. The van der Waals surface area contributed by atoms with Gasteiger partial charge in [0.05, 0.1) is 5.69 Å². The van der Waals surface area contributed by atoms with E-state index in [1.807, 2.05) is 0 Å². The number of rotatable bonds is 5. The van der Waals surface area contributed by atoms with Crippen LogP contribution in [0.2, 0.25) is 0 Å². The van der Waals surface area contributed by atoms with Gasteiger partial charge in [-0.1, -0.05) is 36.1 Å². The smallest absolute Gasteiger partial charge is 0.288 e. The molecule has 110 valence electrons. The highest BCUT2D eigenvalue weighted by Crippen LogP contribution is 2.34. The Labute approximate surface area is 129 Å². The molecule has 21 heavy (non-hydrogen) atoms. The lowest BCUT2D eigenvalue weighted by Crippen LogP contribution is -2.12. The number of nitrogens with two attached hydrogens (primary N) is 1. The van der Waals surface area contributed by atoms with Gasteiger partial charge in [-0.2, -0.15) is 8.78 Å². The molecule has 0 aromatic heterocycles. The zero-order chi connectivity index (χ0) is 15.4. The van der Waals surface area contributed by atoms with Crippen LogP contribution < -0.4 is 11.1 Å². The first-order valence-electron chi connectivity index (χ1n) is 5.87. The van der Waals surface area contributed by atoms with Gasteiger partial charge in [0, 0.05) is 16.1 Å². The molecule has 0 aliphatic heterocycles. The molecule has 0 atom stereocenters. The quantitative estimate of drug-likeness (QED) is 0.625. The molecule has 2 rings (SSSR count). The first-order valence-corrected chi connectivity index (χ1v) is 7.16. The SMILES string of the molecule is NC(=S)c1cc(F)ccc1Nc1ccccc1SC(F)F. The Kier molecular flexibility index (Phi) is 5.08. The van der Waals surface area contributed by atoms with Crippen molar-refractivity contribution in [2.45, 2.75) is 10.7 Å². The standard InChI is InChI=1S/C14H11F3N2S2/c15-8-5-6-10(9(7-8)13(18)20)19-11-3-1-2-4-12(11)21-14(16)17/h1-7,14,19H,(H2,18,20). The summed E-state index contributed by atoms with van der Waals surface area (Å²) in [6.45, 7) is 0. The van der Waals surface area contributed by atoms with Crippen LogP contribution in [0.1, 0.15) is 5.56 Å². The largest absolute Gasteiger partial charge is 0.389 e. The summed E-state index contributed by atoms with van der Waals surface area (Å²) < 4.78 is 38.3. The third-order valence-corrected chi connectivity index (χ3v) is 3.63. The van der Waals surface area contributed by atoms with Crippen molar-refractivity contribution in [1.29, 1.82) is 0 Å². The normalized spacial score (nSPS) is 10.7. The van der Waals surface area contributed by atoms with E-state index >= 15 is 0 Å². The molecule has 0 bridgehead atoms. The second-order valence-corrected chi connectivity index (χ2v) is 5.53. The van der Waals surface area contributed by atoms with Crippen LogP contribution in [0.4, 0.5) is 24.5 Å². The third kappa shape index (κ3) is 4.12. The number of anilines is 2. The summed E-state index contributed by atoms with van der Waals surface area (Å²) in [6, 6.07) is 10.5. The highest BCUT2D eigenvalue weighted by Gasteiger charge is 2.12. The van der Waals surface area contributed by atoms with Gasteiger partial charge >= 0.3 is 0 Å². The number of hydrogen-bond acceptors (Lipinski definition) is 3. The zero-order valence-corrected chi connectivity index (χ0v) is 12.3. The molecule has 2 aromatic carbocycles.